The van der Waals surface area contributed by atoms with E-state index >= 15 is 0 Å². The Morgan fingerprint density at radius 2 is 1.62 bits per heavy atom. The van der Waals surface area contributed by atoms with E-state index in [-0.39, 0.29) is 24.4 Å². The van der Waals surface area contributed by atoms with E-state index in [4.69, 9.17) is 9.47 Å². The number of benzene rings is 2. The van der Waals surface area contributed by atoms with Crippen LogP contribution in [0.3, 0.4) is 0 Å². The van der Waals surface area contributed by atoms with Crippen molar-refractivity contribution in [3.05, 3.63) is 65.4 Å². The van der Waals surface area contributed by atoms with E-state index < -0.39 is 29.9 Å². The molecule has 0 heterocycles. The summed E-state index contributed by atoms with van der Waals surface area (Å²) in [4.78, 5) is 36.4. The SMILES string of the molecule is CC(=O)OCCNC(=O)/C(=C/c1ccc(OC(F)(F)F)cc1)NC(=O)c1ccc(OCCC2CC2)cc1. The summed E-state index contributed by atoms with van der Waals surface area (Å²) >= 11 is 0. The molecule has 0 aromatic heterocycles. The molecule has 1 fully saturated rings. The molecule has 0 spiro atoms. The van der Waals surface area contributed by atoms with Crippen molar-refractivity contribution in [2.24, 2.45) is 5.92 Å². The number of ether oxygens (including phenoxy) is 3. The maximum absolute atomic E-state index is 12.8. The first-order valence-electron chi connectivity index (χ1n) is 11.6. The lowest BCUT2D eigenvalue weighted by atomic mass is 10.1. The van der Waals surface area contributed by atoms with Gasteiger partial charge in [0.2, 0.25) is 0 Å². The van der Waals surface area contributed by atoms with Gasteiger partial charge >= 0.3 is 12.3 Å². The molecule has 198 valence electrons. The Morgan fingerprint density at radius 3 is 2.22 bits per heavy atom. The Labute approximate surface area is 211 Å². The Hall–Kier alpha value is -4.02. The molecule has 2 N–H and O–H groups in total. The smallest absolute Gasteiger partial charge is 0.494 e. The molecular weight excluding hydrogens is 493 g/mol. The first kappa shape index (κ1) is 27.6. The Balaban J connectivity index is 1.68. The lowest BCUT2D eigenvalue weighted by Crippen LogP contribution is -2.36. The lowest BCUT2D eigenvalue weighted by molar-refractivity contribution is -0.274. The fourth-order valence-corrected chi connectivity index (χ4v) is 3.19. The molecule has 0 bridgehead atoms. The molecule has 2 amide bonds. The van der Waals surface area contributed by atoms with Gasteiger partial charge in [0, 0.05) is 12.5 Å². The number of carbonyl (C=O) groups excluding carboxylic acids is 3. The van der Waals surface area contributed by atoms with E-state index in [0.717, 1.165) is 24.5 Å². The minimum atomic E-state index is -4.84. The number of carbonyl (C=O) groups is 3. The van der Waals surface area contributed by atoms with Crippen molar-refractivity contribution >= 4 is 23.9 Å². The highest BCUT2D eigenvalue weighted by atomic mass is 19.4. The minimum absolute atomic E-state index is 0.0170. The average molecular weight is 521 g/mol. The van der Waals surface area contributed by atoms with Crippen molar-refractivity contribution < 1.29 is 41.8 Å². The topological polar surface area (TPSA) is 103 Å². The van der Waals surface area contributed by atoms with Gasteiger partial charge in [0.1, 0.15) is 23.8 Å². The van der Waals surface area contributed by atoms with E-state index in [1.54, 1.807) is 24.3 Å². The van der Waals surface area contributed by atoms with Crippen molar-refractivity contribution in [1.29, 1.82) is 0 Å². The average Bonchev–Trinajstić information content (AvgIpc) is 3.66. The maximum atomic E-state index is 12.8. The number of halogens is 3. The Kier molecular flexibility index (Phi) is 9.53. The molecule has 11 heteroatoms. The van der Waals surface area contributed by atoms with E-state index in [1.807, 2.05) is 0 Å². The Morgan fingerprint density at radius 1 is 0.973 bits per heavy atom. The predicted octanol–water partition coefficient (Wildman–Crippen LogP) is 4.21. The van der Waals surface area contributed by atoms with Gasteiger partial charge in [-0.15, -0.1) is 13.2 Å². The van der Waals surface area contributed by atoms with E-state index in [2.05, 4.69) is 15.4 Å². The molecule has 1 aliphatic rings. The van der Waals surface area contributed by atoms with E-state index in [1.165, 1.54) is 38.0 Å². The number of hydrogen-bond acceptors (Lipinski definition) is 6. The fourth-order valence-electron chi connectivity index (χ4n) is 3.19. The molecule has 1 saturated carbocycles. The first-order chi connectivity index (χ1) is 17.6. The van der Waals surface area contributed by atoms with Crippen LogP contribution in [0, 0.1) is 5.92 Å². The summed E-state index contributed by atoms with van der Waals surface area (Å²) in [5.41, 5.74) is 0.434. The minimum Gasteiger partial charge on any atom is -0.494 e. The monoisotopic (exact) mass is 520 g/mol. The van der Waals surface area contributed by atoms with Crippen LogP contribution in [0.1, 0.15) is 42.1 Å². The van der Waals surface area contributed by atoms with Crippen molar-refractivity contribution in [1.82, 2.24) is 10.6 Å². The van der Waals surface area contributed by atoms with Crippen LogP contribution in [-0.4, -0.2) is 43.9 Å². The second-order valence-corrected chi connectivity index (χ2v) is 8.33. The fraction of sp³-hybridized carbons (Fsp3) is 0.346. The van der Waals surface area contributed by atoms with Crippen LogP contribution >= 0.6 is 0 Å². The summed E-state index contributed by atoms with van der Waals surface area (Å²) in [6.45, 7) is 1.73. The highest BCUT2D eigenvalue weighted by Crippen LogP contribution is 2.32. The lowest BCUT2D eigenvalue weighted by Gasteiger charge is -2.12. The van der Waals surface area contributed by atoms with Gasteiger partial charge in [0.05, 0.1) is 13.2 Å². The van der Waals surface area contributed by atoms with Crippen molar-refractivity contribution in [3.63, 3.8) is 0 Å². The third-order valence-electron chi connectivity index (χ3n) is 5.22. The molecule has 37 heavy (non-hydrogen) atoms. The van der Waals surface area contributed by atoms with Gasteiger partial charge in [-0.25, -0.2) is 0 Å². The predicted molar refractivity (Wildman–Crippen MR) is 127 cm³/mol. The summed E-state index contributed by atoms with van der Waals surface area (Å²) in [7, 11) is 0. The van der Waals surface area contributed by atoms with Crippen LogP contribution < -0.4 is 20.1 Å². The van der Waals surface area contributed by atoms with Crippen LogP contribution in [0.15, 0.2) is 54.2 Å². The molecule has 3 rings (SSSR count). The summed E-state index contributed by atoms with van der Waals surface area (Å²) in [5.74, 6) is -0.847. The highest BCUT2D eigenvalue weighted by Gasteiger charge is 2.31. The van der Waals surface area contributed by atoms with Crippen LogP contribution in [-0.2, 0) is 14.3 Å². The second-order valence-electron chi connectivity index (χ2n) is 8.33. The first-order valence-corrected chi connectivity index (χ1v) is 11.6. The zero-order chi connectivity index (χ0) is 26.8. The molecule has 0 unspecified atom stereocenters. The molecule has 2 aromatic carbocycles. The largest absolute Gasteiger partial charge is 0.573 e. The number of rotatable bonds is 12. The standard InChI is InChI=1S/C26H27F3N2O6/c1-17(32)35-15-13-30-25(34)23(16-19-4-8-22(9-5-19)37-26(27,28)29)31-24(33)20-6-10-21(11-7-20)36-14-12-18-2-3-18/h4-11,16,18H,2-3,12-15H2,1H3,(H,30,34)(H,31,33)/b23-16-. The van der Waals surface area contributed by atoms with Gasteiger partial charge in [-0.05, 0) is 60.4 Å². The van der Waals surface area contributed by atoms with Gasteiger partial charge in [0.25, 0.3) is 11.8 Å². The molecule has 0 aliphatic heterocycles. The number of nitrogens with one attached hydrogen (secondary N) is 2. The van der Waals surface area contributed by atoms with E-state index in [9.17, 15) is 27.6 Å². The molecule has 0 saturated heterocycles. The van der Waals surface area contributed by atoms with Crippen LogP contribution in [0.2, 0.25) is 0 Å². The van der Waals surface area contributed by atoms with Gasteiger partial charge in [-0.3, -0.25) is 14.4 Å². The van der Waals surface area contributed by atoms with Gasteiger partial charge in [0.15, 0.2) is 0 Å². The molecule has 1 aliphatic carbocycles. The van der Waals surface area contributed by atoms with Crippen LogP contribution in [0.4, 0.5) is 13.2 Å². The van der Waals surface area contributed by atoms with Crippen molar-refractivity contribution in [2.45, 2.75) is 32.5 Å². The van der Waals surface area contributed by atoms with Crippen molar-refractivity contribution in [2.75, 3.05) is 19.8 Å². The summed E-state index contributed by atoms with van der Waals surface area (Å²) in [6, 6.07) is 11.2. The third kappa shape index (κ3) is 10.2. The zero-order valence-corrected chi connectivity index (χ0v) is 20.1. The van der Waals surface area contributed by atoms with Gasteiger partial charge in [-0.1, -0.05) is 25.0 Å². The van der Waals surface area contributed by atoms with Crippen LogP contribution in [0.5, 0.6) is 11.5 Å². The Bertz CT molecular complexity index is 1110. The molecule has 0 atom stereocenters. The number of esters is 1. The maximum Gasteiger partial charge on any atom is 0.573 e. The summed E-state index contributed by atoms with van der Waals surface area (Å²) in [5, 5.41) is 5.03. The third-order valence-corrected chi connectivity index (χ3v) is 5.22. The number of alkyl halides is 3. The molecule has 8 nitrogen and oxygen atoms in total. The van der Waals surface area contributed by atoms with Crippen molar-refractivity contribution in [3.8, 4) is 11.5 Å². The number of amides is 2. The molecule has 0 radical (unpaired) electrons. The molecular formula is C26H27F3N2O6. The summed E-state index contributed by atoms with van der Waals surface area (Å²) in [6.07, 6.45) is -0.0730. The van der Waals surface area contributed by atoms with Gasteiger partial charge in [-0.2, -0.15) is 0 Å². The van der Waals surface area contributed by atoms with Crippen LogP contribution in [0.25, 0.3) is 6.08 Å². The van der Waals surface area contributed by atoms with E-state index in [0.29, 0.717) is 17.9 Å². The quantitative estimate of drug-likeness (QED) is 0.247. The normalized spacial score (nSPS) is 13.5. The second kappa shape index (κ2) is 12.8. The van der Waals surface area contributed by atoms with Gasteiger partial charge < -0.3 is 24.8 Å². The summed E-state index contributed by atoms with van der Waals surface area (Å²) < 4.78 is 51.5. The zero-order valence-electron chi connectivity index (χ0n) is 20.1. The number of hydrogen-bond donors (Lipinski definition) is 2. The molecule has 2 aromatic rings. The highest BCUT2D eigenvalue weighted by molar-refractivity contribution is 6.05.